The molecule has 1 unspecified atom stereocenters. The van der Waals surface area contributed by atoms with E-state index in [0.29, 0.717) is 5.01 Å². The summed E-state index contributed by atoms with van der Waals surface area (Å²) in [6.07, 6.45) is -0.152. The number of carboxylic acid groups (broad SMARTS) is 1. The van der Waals surface area contributed by atoms with Crippen LogP contribution in [0.5, 0.6) is 0 Å². The molecule has 1 amide bonds. The summed E-state index contributed by atoms with van der Waals surface area (Å²) in [6, 6.07) is -1.18. The molecule has 1 rings (SSSR count). The van der Waals surface area contributed by atoms with Gasteiger partial charge in [0.15, 0.2) is 0 Å². The Balaban J connectivity index is 2.63. The van der Waals surface area contributed by atoms with E-state index in [-0.39, 0.29) is 25.1 Å². The van der Waals surface area contributed by atoms with E-state index in [2.05, 4.69) is 15.0 Å². The van der Waals surface area contributed by atoms with Crippen molar-refractivity contribution in [2.45, 2.75) is 25.4 Å². The van der Waals surface area contributed by atoms with Crippen LogP contribution in [-0.2, 0) is 20.9 Å². The normalized spacial score (nSPS) is 11.7. The Hall–Kier alpha value is -2.00. The number of hydrogen-bond donors (Lipinski definition) is 3. The van der Waals surface area contributed by atoms with Crippen LogP contribution in [0, 0.1) is 0 Å². The quantitative estimate of drug-likeness (QED) is 0.591. The molecule has 1 aromatic rings. The molecule has 0 bridgehead atoms. The van der Waals surface area contributed by atoms with Crippen LogP contribution in [0.15, 0.2) is 5.38 Å². The minimum Gasteiger partial charge on any atom is -0.480 e. The minimum absolute atomic E-state index is 0.0539. The summed E-state index contributed by atoms with van der Waals surface area (Å²) in [5, 5.41) is 13.4. The highest BCUT2D eigenvalue weighted by atomic mass is 32.1. The van der Waals surface area contributed by atoms with Gasteiger partial charge in [-0.15, -0.1) is 11.3 Å². The topological polar surface area (TPSA) is 132 Å². The Morgan fingerprint density at radius 3 is 2.75 bits per heavy atom. The number of ether oxygens (including phenoxy) is 1. The SMILES string of the molecule is COC(=O)CCC(NC(=O)c1csc(CN)n1)C(=O)O. The highest BCUT2D eigenvalue weighted by molar-refractivity contribution is 7.09. The number of thiazole rings is 1. The number of esters is 1. The van der Waals surface area contributed by atoms with Gasteiger partial charge in [0.1, 0.15) is 16.7 Å². The van der Waals surface area contributed by atoms with Gasteiger partial charge >= 0.3 is 11.9 Å². The summed E-state index contributed by atoms with van der Waals surface area (Å²) < 4.78 is 4.42. The molecule has 0 aliphatic rings. The highest BCUT2D eigenvalue weighted by Gasteiger charge is 2.22. The first-order chi connectivity index (χ1) is 9.47. The Morgan fingerprint density at radius 2 is 2.25 bits per heavy atom. The number of nitrogens with one attached hydrogen (secondary N) is 1. The van der Waals surface area contributed by atoms with Gasteiger partial charge in [0, 0.05) is 18.3 Å². The molecule has 8 nitrogen and oxygen atoms in total. The summed E-state index contributed by atoms with van der Waals surface area (Å²) >= 11 is 1.22. The van der Waals surface area contributed by atoms with Crippen molar-refractivity contribution in [3.63, 3.8) is 0 Å². The fourth-order valence-electron chi connectivity index (χ4n) is 1.36. The first-order valence-corrected chi connectivity index (χ1v) is 6.60. The zero-order valence-corrected chi connectivity index (χ0v) is 11.6. The zero-order valence-electron chi connectivity index (χ0n) is 10.8. The fraction of sp³-hybridized carbons (Fsp3) is 0.455. The molecule has 0 saturated heterocycles. The molecule has 0 spiro atoms. The molecule has 20 heavy (non-hydrogen) atoms. The monoisotopic (exact) mass is 301 g/mol. The van der Waals surface area contributed by atoms with Crippen molar-refractivity contribution in [1.29, 1.82) is 0 Å². The lowest BCUT2D eigenvalue weighted by molar-refractivity contribution is -0.142. The first kappa shape index (κ1) is 16.1. The van der Waals surface area contributed by atoms with Crippen LogP contribution in [-0.4, -0.2) is 41.1 Å². The lowest BCUT2D eigenvalue weighted by Crippen LogP contribution is -2.41. The summed E-state index contributed by atoms with van der Waals surface area (Å²) in [5.74, 6) is -2.38. The van der Waals surface area contributed by atoms with E-state index >= 15 is 0 Å². The molecular formula is C11H15N3O5S. The number of aliphatic carboxylic acids is 1. The van der Waals surface area contributed by atoms with Gasteiger partial charge in [-0.2, -0.15) is 0 Å². The lowest BCUT2D eigenvalue weighted by Gasteiger charge is -2.12. The molecule has 0 fully saturated rings. The molecule has 110 valence electrons. The van der Waals surface area contributed by atoms with Crippen molar-refractivity contribution in [3.05, 3.63) is 16.1 Å². The highest BCUT2D eigenvalue weighted by Crippen LogP contribution is 2.09. The van der Waals surface area contributed by atoms with Gasteiger partial charge in [0.2, 0.25) is 0 Å². The van der Waals surface area contributed by atoms with Gasteiger partial charge in [0.05, 0.1) is 7.11 Å². The number of carbonyl (C=O) groups excluding carboxylic acids is 2. The van der Waals surface area contributed by atoms with E-state index in [1.54, 1.807) is 0 Å². The Labute approximate surface area is 118 Å². The van der Waals surface area contributed by atoms with Crippen LogP contribution in [0.1, 0.15) is 28.3 Å². The van der Waals surface area contributed by atoms with E-state index in [1.807, 2.05) is 0 Å². The zero-order chi connectivity index (χ0) is 15.1. The number of methoxy groups -OCH3 is 1. The number of amides is 1. The lowest BCUT2D eigenvalue weighted by atomic mass is 10.1. The van der Waals surface area contributed by atoms with Crippen LogP contribution in [0.4, 0.5) is 0 Å². The molecule has 0 aliphatic carbocycles. The predicted octanol–water partition coefficient (Wildman–Crippen LogP) is -0.262. The Morgan fingerprint density at radius 1 is 1.55 bits per heavy atom. The number of nitrogens with two attached hydrogens (primary N) is 1. The van der Waals surface area contributed by atoms with Crippen molar-refractivity contribution in [1.82, 2.24) is 10.3 Å². The standard InChI is InChI=1S/C11H15N3O5S/c1-19-9(15)3-2-6(11(17)18)14-10(16)7-5-20-8(4-12)13-7/h5-6H,2-4,12H2,1H3,(H,14,16)(H,17,18). The minimum atomic E-state index is -1.23. The van der Waals surface area contributed by atoms with Crippen LogP contribution >= 0.6 is 11.3 Å². The van der Waals surface area contributed by atoms with Crippen molar-refractivity contribution in [2.75, 3.05) is 7.11 Å². The van der Waals surface area contributed by atoms with E-state index < -0.39 is 23.9 Å². The average molecular weight is 301 g/mol. The van der Waals surface area contributed by atoms with E-state index in [0.717, 1.165) is 0 Å². The van der Waals surface area contributed by atoms with Gasteiger partial charge in [-0.3, -0.25) is 9.59 Å². The van der Waals surface area contributed by atoms with Crippen molar-refractivity contribution < 1.29 is 24.2 Å². The first-order valence-electron chi connectivity index (χ1n) is 5.73. The van der Waals surface area contributed by atoms with Gasteiger partial charge in [-0.1, -0.05) is 0 Å². The predicted molar refractivity (Wildman–Crippen MR) is 70.1 cm³/mol. The maximum absolute atomic E-state index is 11.8. The molecule has 1 aromatic heterocycles. The number of rotatable bonds is 7. The second-order valence-corrected chi connectivity index (χ2v) is 4.75. The number of aromatic nitrogens is 1. The van der Waals surface area contributed by atoms with Crippen LogP contribution in [0.3, 0.4) is 0 Å². The molecule has 0 saturated carbocycles. The molecule has 9 heteroatoms. The van der Waals surface area contributed by atoms with Crippen LogP contribution in [0.2, 0.25) is 0 Å². The summed E-state index contributed by atoms with van der Waals surface area (Å²) in [5.41, 5.74) is 5.49. The molecule has 0 aliphatic heterocycles. The van der Waals surface area contributed by atoms with Gasteiger partial charge in [-0.25, -0.2) is 9.78 Å². The smallest absolute Gasteiger partial charge is 0.326 e. The summed E-state index contributed by atoms with van der Waals surface area (Å²) in [6.45, 7) is 0.211. The maximum Gasteiger partial charge on any atom is 0.326 e. The molecule has 1 atom stereocenters. The molecular weight excluding hydrogens is 286 g/mol. The van der Waals surface area contributed by atoms with Crippen molar-refractivity contribution in [3.8, 4) is 0 Å². The third-order valence-corrected chi connectivity index (χ3v) is 3.30. The maximum atomic E-state index is 11.8. The van der Waals surface area contributed by atoms with Gasteiger partial charge < -0.3 is 20.9 Å². The molecule has 1 heterocycles. The van der Waals surface area contributed by atoms with Crippen LogP contribution in [0.25, 0.3) is 0 Å². The van der Waals surface area contributed by atoms with Gasteiger partial charge in [-0.05, 0) is 6.42 Å². The third kappa shape index (κ3) is 4.59. The molecule has 4 N–H and O–H groups in total. The Bertz CT molecular complexity index is 502. The van der Waals surface area contributed by atoms with Gasteiger partial charge in [0.25, 0.3) is 5.91 Å². The average Bonchev–Trinajstić information content (AvgIpc) is 2.91. The van der Waals surface area contributed by atoms with Crippen molar-refractivity contribution >= 4 is 29.2 Å². The van der Waals surface area contributed by atoms with Crippen LogP contribution < -0.4 is 11.1 Å². The number of carboxylic acids is 1. The van der Waals surface area contributed by atoms with E-state index in [9.17, 15) is 14.4 Å². The summed E-state index contributed by atoms with van der Waals surface area (Å²) in [4.78, 5) is 37.8. The Kier molecular flexibility index (Phi) is 6.07. The largest absolute Gasteiger partial charge is 0.480 e. The number of nitrogens with zero attached hydrogens (tertiary/aromatic N) is 1. The third-order valence-electron chi connectivity index (χ3n) is 2.43. The van der Waals surface area contributed by atoms with E-state index in [4.69, 9.17) is 10.8 Å². The fourth-order valence-corrected chi connectivity index (χ4v) is 2.02. The second kappa shape index (κ2) is 7.56. The molecule has 0 radical (unpaired) electrons. The van der Waals surface area contributed by atoms with E-state index in [1.165, 1.54) is 23.8 Å². The number of carbonyl (C=O) groups is 3. The summed E-state index contributed by atoms with van der Waals surface area (Å²) in [7, 11) is 1.21. The molecule has 0 aromatic carbocycles. The van der Waals surface area contributed by atoms with Crippen molar-refractivity contribution in [2.24, 2.45) is 5.73 Å². The second-order valence-electron chi connectivity index (χ2n) is 3.81. The number of hydrogen-bond acceptors (Lipinski definition) is 7.